The molecule has 0 aliphatic carbocycles. The maximum Gasteiger partial charge on any atom is 0.210 e. The summed E-state index contributed by atoms with van der Waals surface area (Å²) in [5.74, 6) is 7.44. The summed E-state index contributed by atoms with van der Waals surface area (Å²) in [6.45, 7) is 0.481. The maximum atomic E-state index is 13.3. The molecule has 2 aromatic carbocycles. The number of nitrogens with two attached hydrogens (primary N) is 1. The highest BCUT2D eigenvalue weighted by Gasteiger charge is 2.12. The van der Waals surface area contributed by atoms with Gasteiger partial charge in [0, 0.05) is 16.3 Å². The number of rotatable bonds is 6. The van der Waals surface area contributed by atoms with Gasteiger partial charge in [-0.25, -0.2) is 9.07 Å². The number of nitrogen functional groups attached to an aromatic ring is 1. The Morgan fingerprint density at radius 3 is 2.71 bits per heavy atom. The van der Waals surface area contributed by atoms with Crippen LogP contribution in [0.25, 0.3) is 11.4 Å². The average Bonchev–Trinajstić information content (AvgIpc) is 2.94. The average molecular weight is 365 g/mol. The van der Waals surface area contributed by atoms with Crippen LogP contribution < -0.4 is 10.6 Å². The molecule has 0 saturated carbocycles. The summed E-state index contributed by atoms with van der Waals surface area (Å²) < 4.78 is 20.2. The first-order chi connectivity index (χ1) is 11.6. The molecule has 0 aliphatic rings. The molecule has 8 heteroatoms. The normalized spacial score (nSPS) is 10.8. The van der Waals surface area contributed by atoms with Crippen molar-refractivity contribution in [3.05, 3.63) is 59.4 Å². The van der Waals surface area contributed by atoms with Crippen LogP contribution in [0.15, 0.2) is 53.7 Å². The number of nitrogens with zero attached hydrogens (tertiary/aromatic N) is 3. The van der Waals surface area contributed by atoms with Crippen molar-refractivity contribution in [1.29, 1.82) is 0 Å². The Kier molecular flexibility index (Phi) is 5.22. The highest BCUT2D eigenvalue weighted by Crippen LogP contribution is 2.22. The Labute approximate surface area is 147 Å². The maximum absolute atomic E-state index is 13.3. The molecule has 0 aliphatic heterocycles. The van der Waals surface area contributed by atoms with Crippen LogP contribution in [-0.4, -0.2) is 27.2 Å². The summed E-state index contributed by atoms with van der Waals surface area (Å²) in [5.41, 5.74) is 0.578. The molecule has 2 N–H and O–H groups in total. The molecule has 0 fully saturated rings. The lowest BCUT2D eigenvalue weighted by Crippen LogP contribution is -2.12. The standard InChI is InChI=1S/C16H14ClFN4OS/c17-12-4-6-14(7-5-12)23-8-9-24-16-21-20-15(22(16)19)11-2-1-3-13(18)10-11/h1-7,10H,8-9,19H2. The van der Waals surface area contributed by atoms with Crippen molar-refractivity contribution < 1.29 is 9.13 Å². The van der Waals surface area contributed by atoms with Gasteiger partial charge in [-0.05, 0) is 36.4 Å². The summed E-state index contributed by atoms with van der Waals surface area (Å²) in [6.07, 6.45) is 0. The number of aromatic nitrogens is 3. The van der Waals surface area contributed by atoms with E-state index in [1.54, 1.807) is 36.4 Å². The minimum atomic E-state index is -0.346. The van der Waals surface area contributed by atoms with Gasteiger partial charge in [-0.2, -0.15) is 0 Å². The van der Waals surface area contributed by atoms with Gasteiger partial charge in [0.15, 0.2) is 5.82 Å². The number of hydrogen-bond donors (Lipinski definition) is 1. The van der Waals surface area contributed by atoms with Crippen LogP contribution in [0, 0.1) is 5.82 Å². The molecule has 0 amide bonds. The van der Waals surface area contributed by atoms with Crippen molar-refractivity contribution in [3.63, 3.8) is 0 Å². The molecule has 0 saturated heterocycles. The zero-order chi connectivity index (χ0) is 16.9. The summed E-state index contributed by atoms with van der Waals surface area (Å²) >= 11 is 7.23. The van der Waals surface area contributed by atoms with E-state index in [1.165, 1.54) is 28.6 Å². The van der Waals surface area contributed by atoms with E-state index in [2.05, 4.69) is 10.2 Å². The van der Waals surface area contributed by atoms with Gasteiger partial charge in [-0.1, -0.05) is 35.5 Å². The van der Waals surface area contributed by atoms with Crippen molar-refractivity contribution in [2.45, 2.75) is 5.16 Å². The molecule has 3 rings (SSSR count). The third kappa shape index (κ3) is 3.98. The van der Waals surface area contributed by atoms with Crippen molar-refractivity contribution in [2.24, 2.45) is 0 Å². The van der Waals surface area contributed by atoms with Crippen molar-refractivity contribution in [3.8, 4) is 17.1 Å². The van der Waals surface area contributed by atoms with Crippen molar-refractivity contribution in [1.82, 2.24) is 14.9 Å². The highest BCUT2D eigenvalue weighted by molar-refractivity contribution is 7.99. The molecule has 0 unspecified atom stereocenters. The molecule has 124 valence electrons. The van der Waals surface area contributed by atoms with Gasteiger partial charge in [0.1, 0.15) is 11.6 Å². The second-order valence-corrected chi connectivity index (χ2v) is 6.34. The van der Waals surface area contributed by atoms with Crippen LogP contribution in [0.4, 0.5) is 4.39 Å². The first-order valence-corrected chi connectivity index (χ1v) is 8.47. The second kappa shape index (κ2) is 7.55. The Morgan fingerprint density at radius 2 is 1.96 bits per heavy atom. The van der Waals surface area contributed by atoms with E-state index in [-0.39, 0.29) is 5.82 Å². The summed E-state index contributed by atoms with van der Waals surface area (Å²) in [6, 6.07) is 13.2. The van der Waals surface area contributed by atoms with E-state index in [0.29, 0.717) is 33.9 Å². The summed E-state index contributed by atoms with van der Waals surface area (Å²) in [5, 5.41) is 9.25. The third-order valence-electron chi connectivity index (χ3n) is 3.14. The number of benzene rings is 2. The first-order valence-electron chi connectivity index (χ1n) is 7.11. The number of ether oxygens (including phenoxy) is 1. The van der Waals surface area contributed by atoms with Crippen LogP contribution in [0.3, 0.4) is 0 Å². The van der Waals surface area contributed by atoms with Gasteiger partial charge in [0.05, 0.1) is 6.61 Å². The van der Waals surface area contributed by atoms with Crippen molar-refractivity contribution in [2.75, 3.05) is 18.2 Å². The molecule has 0 atom stereocenters. The monoisotopic (exact) mass is 364 g/mol. The lowest BCUT2D eigenvalue weighted by molar-refractivity contribution is 0.344. The fraction of sp³-hybridized carbons (Fsp3) is 0.125. The molecular weight excluding hydrogens is 351 g/mol. The van der Waals surface area contributed by atoms with Gasteiger partial charge in [-0.15, -0.1) is 10.2 Å². The molecule has 24 heavy (non-hydrogen) atoms. The predicted octanol–water partition coefficient (Wildman–Crippen LogP) is 3.62. The lowest BCUT2D eigenvalue weighted by atomic mass is 10.2. The molecule has 3 aromatic rings. The molecule has 1 aromatic heterocycles. The Balaban J connectivity index is 1.57. The van der Waals surface area contributed by atoms with Gasteiger partial charge >= 0.3 is 0 Å². The number of hydrogen-bond acceptors (Lipinski definition) is 5. The largest absolute Gasteiger partial charge is 0.493 e. The van der Waals surface area contributed by atoms with Gasteiger partial charge < -0.3 is 10.6 Å². The van der Waals surface area contributed by atoms with Crippen LogP contribution in [0.2, 0.25) is 5.02 Å². The predicted molar refractivity (Wildman–Crippen MR) is 93.2 cm³/mol. The zero-order valence-electron chi connectivity index (χ0n) is 12.5. The van der Waals surface area contributed by atoms with Crippen LogP contribution in [-0.2, 0) is 0 Å². The van der Waals surface area contributed by atoms with E-state index >= 15 is 0 Å². The molecule has 0 radical (unpaired) electrons. The van der Waals surface area contributed by atoms with E-state index in [9.17, 15) is 4.39 Å². The molecular formula is C16H14ClFN4OS. The van der Waals surface area contributed by atoms with E-state index in [4.69, 9.17) is 22.2 Å². The van der Waals surface area contributed by atoms with Crippen LogP contribution in [0.5, 0.6) is 5.75 Å². The fourth-order valence-corrected chi connectivity index (χ4v) is 2.82. The van der Waals surface area contributed by atoms with Crippen LogP contribution in [0.1, 0.15) is 0 Å². The Hall–Kier alpha value is -2.25. The Bertz CT molecular complexity index is 825. The van der Waals surface area contributed by atoms with Crippen molar-refractivity contribution >= 4 is 23.4 Å². The molecule has 5 nitrogen and oxygen atoms in total. The SMILES string of the molecule is Nn1c(SCCOc2ccc(Cl)cc2)nnc1-c1cccc(F)c1. The molecule has 1 heterocycles. The summed E-state index contributed by atoms with van der Waals surface area (Å²) in [4.78, 5) is 0. The van der Waals surface area contributed by atoms with Gasteiger partial charge in [0.2, 0.25) is 5.16 Å². The lowest BCUT2D eigenvalue weighted by Gasteiger charge is -2.06. The Morgan fingerprint density at radius 1 is 1.17 bits per heavy atom. The van der Waals surface area contributed by atoms with Gasteiger partial charge in [0.25, 0.3) is 0 Å². The minimum Gasteiger partial charge on any atom is -0.493 e. The molecule has 0 spiro atoms. The summed E-state index contributed by atoms with van der Waals surface area (Å²) in [7, 11) is 0. The first kappa shape index (κ1) is 16.6. The number of halogens is 2. The van der Waals surface area contributed by atoms with Crippen LogP contribution >= 0.6 is 23.4 Å². The number of thioether (sulfide) groups is 1. The smallest absolute Gasteiger partial charge is 0.210 e. The quantitative estimate of drug-likeness (QED) is 0.411. The highest BCUT2D eigenvalue weighted by atomic mass is 35.5. The fourth-order valence-electron chi connectivity index (χ4n) is 2.02. The van der Waals surface area contributed by atoms with Gasteiger partial charge in [-0.3, -0.25) is 0 Å². The topological polar surface area (TPSA) is 66.0 Å². The second-order valence-electron chi connectivity index (χ2n) is 4.84. The van der Waals surface area contributed by atoms with E-state index in [1.807, 2.05) is 0 Å². The third-order valence-corrected chi connectivity index (χ3v) is 4.30. The van der Waals surface area contributed by atoms with E-state index in [0.717, 1.165) is 5.75 Å². The minimum absolute atomic E-state index is 0.346. The molecule has 0 bridgehead atoms. The zero-order valence-corrected chi connectivity index (χ0v) is 14.1. The van der Waals surface area contributed by atoms with E-state index < -0.39 is 0 Å².